The average Bonchev–Trinajstić information content (AvgIpc) is 3.48. The molecule has 1 atom stereocenters. The number of thiol groups is 1. The van der Waals surface area contributed by atoms with Gasteiger partial charge in [-0.2, -0.15) is 10.1 Å². The van der Waals surface area contributed by atoms with E-state index in [4.69, 9.17) is 31.5 Å². The van der Waals surface area contributed by atoms with Crippen LogP contribution in [-0.4, -0.2) is 65.0 Å². The van der Waals surface area contributed by atoms with Crippen LogP contribution < -0.4 is 25.1 Å². The number of ether oxygens (including phenoxy) is 3. The van der Waals surface area contributed by atoms with E-state index in [-0.39, 0.29) is 68.7 Å². The number of carbonyl (C=O) groups excluding carboxylic acids is 1. The summed E-state index contributed by atoms with van der Waals surface area (Å²) in [4.78, 5) is 35.8. The van der Waals surface area contributed by atoms with Gasteiger partial charge in [-0.25, -0.2) is 35.8 Å². The summed E-state index contributed by atoms with van der Waals surface area (Å²) in [5.74, 6) is -4.86. The van der Waals surface area contributed by atoms with Crippen LogP contribution in [0.25, 0.3) is 27.6 Å². The first-order chi connectivity index (χ1) is 27.0. The average molecular weight is 832 g/mol. The second kappa shape index (κ2) is 16.6. The number of methoxy groups -OCH3 is 1. The highest BCUT2D eigenvalue weighted by molar-refractivity contribution is 7.74. The number of fused-ring (bicyclic) bond motifs is 2. The zero-order valence-electron chi connectivity index (χ0n) is 30.4. The van der Waals surface area contributed by atoms with Crippen molar-refractivity contribution in [3.05, 3.63) is 111 Å². The summed E-state index contributed by atoms with van der Waals surface area (Å²) in [6, 6.07) is 15.0. The molecule has 0 spiro atoms. The fraction of sp³-hybridized carbons (Fsp3) is 0.270. The van der Waals surface area contributed by atoms with Crippen molar-refractivity contribution >= 4 is 56.3 Å². The van der Waals surface area contributed by atoms with Gasteiger partial charge in [-0.05, 0) is 66.9 Å². The number of aromatic nitrogens is 5. The zero-order chi connectivity index (χ0) is 41.2. The van der Waals surface area contributed by atoms with Gasteiger partial charge in [-0.3, -0.25) is 18.3 Å². The number of hydrogen-bond donors (Lipinski definition) is 2. The Morgan fingerprint density at radius 2 is 1.72 bits per heavy atom. The minimum absolute atomic E-state index is 0.0130. The fourth-order valence-corrected chi connectivity index (χ4v) is 6.99. The molecule has 0 aliphatic heterocycles. The normalized spacial score (nSPS) is 12.3. The van der Waals surface area contributed by atoms with Crippen molar-refractivity contribution in [3.8, 4) is 17.3 Å². The van der Waals surface area contributed by atoms with E-state index in [9.17, 15) is 35.6 Å². The summed E-state index contributed by atoms with van der Waals surface area (Å²) in [6.07, 6.45) is -3.77. The second-order valence-corrected chi connectivity index (χ2v) is 14.3. The van der Waals surface area contributed by atoms with Crippen LogP contribution in [0.15, 0.2) is 71.5 Å². The molecule has 3 aromatic carbocycles. The van der Waals surface area contributed by atoms with Crippen LogP contribution in [0.1, 0.15) is 36.4 Å². The lowest BCUT2D eigenvalue weighted by Crippen LogP contribution is -2.30. The number of benzene rings is 3. The number of aryl methyl sites for hydroxylation is 1. The number of pyridine rings is 1. The van der Waals surface area contributed by atoms with Gasteiger partial charge in [-0.15, -0.1) is 0 Å². The number of halogens is 5. The highest BCUT2D eigenvalue weighted by Crippen LogP contribution is 2.37. The first kappa shape index (κ1) is 40.7. The Kier molecular flexibility index (Phi) is 11.9. The standard InChI is InChI=1S/C37H34ClF4N7O7S/c1-37(41,42)13-15-55-29-11-8-25-32(44-29)45-33(28(56-36(43)51)18-21-16-22(39)19-23(40)17-21)49(35(25)50)27-10-9-26(38)30-31(27)47(2)46-34(30)48(57(52)53)14-12-20-4-6-24(54-3)7-5-20/h4-11,16-17,19,28,57H,12-15,18H2,1-3H3,(H2,43,51). The van der Waals surface area contributed by atoms with Crippen molar-refractivity contribution in [2.75, 3.05) is 24.6 Å². The Morgan fingerprint density at radius 1 is 1.02 bits per heavy atom. The number of amides is 1. The molecule has 0 saturated heterocycles. The molecule has 6 rings (SSSR count). The predicted octanol–water partition coefficient (Wildman–Crippen LogP) is 5.99. The zero-order valence-corrected chi connectivity index (χ0v) is 32.1. The number of alkyl halides is 2. The molecule has 0 bridgehead atoms. The first-order valence-corrected chi connectivity index (χ1v) is 18.6. The number of rotatable bonds is 15. The van der Waals surface area contributed by atoms with E-state index in [1.807, 2.05) is 0 Å². The second-order valence-electron chi connectivity index (χ2n) is 12.9. The number of carbonyl (C=O) groups is 1. The molecule has 14 nitrogen and oxygen atoms in total. The molecule has 6 aromatic rings. The topological polar surface area (TPSA) is 174 Å². The van der Waals surface area contributed by atoms with Gasteiger partial charge < -0.3 is 19.9 Å². The third-order valence-corrected chi connectivity index (χ3v) is 9.86. The smallest absolute Gasteiger partial charge is 0.405 e. The van der Waals surface area contributed by atoms with Gasteiger partial charge in [0.2, 0.25) is 22.7 Å². The van der Waals surface area contributed by atoms with Crippen molar-refractivity contribution in [1.82, 2.24) is 24.3 Å². The Morgan fingerprint density at radius 3 is 2.35 bits per heavy atom. The molecule has 3 aromatic heterocycles. The lowest BCUT2D eigenvalue weighted by molar-refractivity contribution is 0.000445. The van der Waals surface area contributed by atoms with Crippen molar-refractivity contribution in [1.29, 1.82) is 0 Å². The summed E-state index contributed by atoms with van der Waals surface area (Å²) >= 11 is 6.74. The maximum atomic E-state index is 14.6. The van der Waals surface area contributed by atoms with E-state index in [1.54, 1.807) is 24.3 Å². The summed E-state index contributed by atoms with van der Waals surface area (Å²) in [5.41, 5.74) is 5.33. The maximum absolute atomic E-state index is 14.6. The number of nitrogens with two attached hydrogens (primary N) is 1. The van der Waals surface area contributed by atoms with Crippen molar-refractivity contribution in [3.63, 3.8) is 0 Å². The summed E-state index contributed by atoms with van der Waals surface area (Å²) < 4.78 is 101. The Labute approximate surface area is 328 Å². The molecule has 0 fully saturated rings. The van der Waals surface area contributed by atoms with Crippen LogP contribution in [0.5, 0.6) is 11.6 Å². The van der Waals surface area contributed by atoms with Crippen molar-refractivity contribution in [2.24, 2.45) is 12.8 Å². The molecule has 2 N–H and O–H groups in total. The highest BCUT2D eigenvalue weighted by atomic mass is 35.5. The lowest BCUT2D eigenvalue weighted by Gasteiger charge is -2.22. The van der Waals surface area contributed by atoms with Gasteiger partial charge >= 0.3 is 6.09 Å². The highest BCUT2D eigenvalue weighted by Gasteiger charge is 2.30. The third kappa shape index (κ3) is 9.20. The van der Waals surface area contributed by atoms with Gasteiger partial charge in [0.1, 0.15) is 17.4 Å². The Bertz CT molecular complexity index is 2590. The molecule has 20 heteroatoms. The minimum Gasteiger partial charge on any atom is -0.497 e. The van der Waals surface area contributed by atoms with Crippen LogP contribution >= 0.6 is 11.6 Å². The number of anilines is 1. The molecule has 300 valence electrons. The largest absolute Gasteiger partial charge is 0.497 e. The monoisotopic (exact) mass is 831 g/mol. The van der Waals surface area contributed by atoms with E-state index >= 15 is 0 Å². The van der Waals surface area contributed by atoms with Crippen molar-refractivity contribution in [2.45, 2.75) is 38.2 Å². The van der Waals surface area contributed by atoms with Gasteiger partial charge in [0.05, 0.1) is 40.7 Å². The molecule has 1 amide bonds. The molecular weight excluding hydrogens is 798 g/mol. The van der Waals surface area contributed by atoms with Crippen LogP contribution in [0.4, 0.5) is 28.2 Å². The third-order valence-electron chi connectivity index (χ3n) is 8.77. The molecule has 0 aliphatic rings. The van der Waals surface area contributed by atoms with Crippen LogP contribution in [0, 0.1) is 11.6 Å². The molecule has 1 unspecified atom stereocenters. The van der Waals surface area contributed by atoms with Gasteiger partial charge in [0.15, 0.2) is 23.4 Å². The van der Waals surface area contributed by atoms with Crippen LogP contribution in [0.3, 0.4) is 0 Å². The SMILES string of the molecule is COc1ccc(CCN(c2nn(C)c3c(-n4c(C(Cc5cc(F)cc(F)c5)OC(N)=O)nc5nc(OCCC(C)(F)F)ccc5c4=O)ccc(Cl)c23)[SH](=O)=O)cc1. The minimum atomic E-state index is -3.29. The summed E-state index contributed by atoms with van der Waals surface area (Å²) in [5, 5.41) is 4.58. The maximum Gasteiger partial charge on any atom is 0.405 e. The first-order valence-electron chi connectivity index (χ1n) is 17.1. The molecule has 57 heavy (non-hydrogen) atoms. The molecular formula is C37H34ClF4N7O7S. The van der Waals surface area contributed by atoms with Gasteiger partial charge in [-0.1, -0.05) is 23.7 Å². The quantitative estimate of drug-likeness (QED) is 0.0925. The molecule has 0 aliphatic carbocycles. The van der Waals surface area contributed by atoms with Crippen molar-refractivity contribution < 1.29 is 45.0 Å². The number of primary amides is 1. The summed E-state index contributed by atoms with van der Waals surface area (Å²) in [7, 11) is -0.276. The Balaban J connectivity index is 1.55. The van der Waals surface area contributed by atoms with Gasteiger partial charge in [0.25, 0.3) is 5.56 Å². The molecule has 0 radical (unpaired) electrons. The van der Waals surface area contributed by atoms with Crippen LogP contribution in [0.2, 0.25) is 5.02 Å². The van der Waals surface area contributed by atoms with E-state index in [0.29, 0.717) is 11.8 Å². The number of hydrogen-bond acceptors (Lipinski definition) is 10. The van der Waals surface area contributed by atoms with E-state index in [0.717, 1.165) is 33.5 Å². The van der Waals surface area contributed by atoms with E-state index in [2.05, 4.69) is 15.1 Å². The number of nitrogens with zero attached hydrogens (tertiary/aromatic N) is 6. The lowest BCUT2D eigenvalue weighted by atomic mass is 10.1. The van der Waals surface area contributed by atoms with Gasteiger partial charge in [0, 0.05) is 38.6 Å². The van der Waals surface area contributed by atoms with E-state index < -0.39 is 65.7 Å². The molecule has 0 saturated carbocycles. The molecule has 3 heterocycles. The van der Waals surface area contributed by atoms with E-state index in [1.165, 1.54) is 43.1 Å². The Hall–Kier alpha value is -5.95. The fourth-order valence-electron chi connectivity index (χ4n) is 6.19. The predicted molar refractivity (Wildman–Crippen MR) is 203 cm³/mol. The van der Waals surface area contributed by atoms with Crippen LogP contribution in [-0.2, 0) is 35.5 Å². The summed E-state index contributed by atoms with van der Waals surface area (Å²) in [6.45, 7) is 0.247.